The van der Waals surface area contributed by atoms with Gasteiger partial charge in [-0.1, -0.05) is 93.5 Å². The van der Waals surface area contributed by atoms with Crippen LogP contribution in [0.5, 0.6) is 0 Å². The Morgan fingerprint density at radius 3 is 1.00 bits per heavy atom. The minimum absolute atomic E-state index is 0.301. The van der Waals surface area contributed by atoms with Gasteiger partial charge in [0.1, 0.15) is 11.6 Å². The number of carbonyl (C=O) groups excluding carboxylic acids is 2. The minimum atomic E-state index is -0.322. The smallest absolute Gasteiger partial charge is 0.142 e. The molecule has 2 heteroatoms. The van der Waals surface area contributed by atoms with Crippen LogP contribution in [0.15, 0.2) is 24.3 Å². The Labute approximate surface area is 214 Å². The molecule has 0 fully saturated rings. The Morgan fingerprint density at radius 2 is 0.800 bits per heavy atom. The molecule has 0 amide bonds. The molecule has 2 rings (SSSR count). The fourth-order valence-corrected chi connectivity index (χ4v) is 4.75. The fourth-order valence-electron chi connectivity index (χ4n) is 4.75. The molecule has 0 aliphatic carbocycles. The molecule has 0 spiro atoms. The van der Waals surface area contributed by atoms with E-state index in [-0.39, 0.29) is 10.8 Å². The number of Topliss-reactive ketones (excluding diaryl/α,β-unsaturated/α-hetero) is 2. The average Bonchev–Trinajstić information content (AvgIpc) is 2.78. The number of benzene rings is 2. The van der Waals surface area contributed by atoms with Crippen LogP contribution in [0.4, 0.5) is 0 Å². The third-order valence-corrected chi connectivity index (χ3v) is 7.27. The van der Waals surface area contributed by atoms with Crippen LogP contribution < -0.4 is 0 Å². The molecular weight excluding hydrogens is 428 g/mol. The van der Waals surface area contributed by atoms with Crippen LogP contribution in [0.25, 0.3) is 0 Å². The molecule has 0 radical (unpaired) electrons. The van der Waals surface area contributed by atoms with Crippen molar-refractivity contribution in [3.8, 4) is 0 Å². The van der Waals surface area contributed by atoms with Gasteiger partial charge in [0.15, 0.2) is 0 Å². The van der Waals surface area contributed by atoms with Crippen molar-refractivity contribution in [3.63, 3.8) is 0 Å². The zero-order valence-electron chi connectivity index (χ0n) is 24.1. The summed E-state index contributed by atoms with van der Waals surface area (Å²) in [4.78, 5) is 25.7. The van der Waals surface area contributed by atoms with E-state index in [0.29, 0.717) is 24.4 Å². The van der Waals surface area contributed by atoms with Crippen molar-refractivity contribution in [3.05, 3.63) is 68.8 Å². The molecule has 0 saturated carbocycles. The van der Waals surface area contributed by atoms with Crippen LogP contribution in [0, 0.1) is 10.8 Å². The molecule has 0 saturated heterocycles. The van der Waals surface area contributed by atoms with E-state index < -0.39 is 0 Å². The quantitative estimate of drug-likeness (QED) is 0.350. The third-order valence-electron chi connectivity index (χ3n) is 7.27. The van der Waals surface area contributed by atoms with Gasteiger partial charge in [0.2, 0.25) is 0 Å². The van der Waals surface area contributed by atoms with Crippen LogP contribution in [0.1, 0.15) is 114 Å². The van der Waals surface area contributed by atoms with Crippen molar-refractivity contribution < 1.29 is 9.59 Å². The Kier molecular flexibility index (Phi) is 9.68. The van der Waals surface area contributed by atoms with Crippen LogP contribution in [0.3, 0.4) is 0 Å². The van der Waals surface area contributed by atoms with Gasteiger partial charge in [0.25, 0.3) is 0 Å². The van der Waals surface area contributed by atoms with Crippen molar-refractivity contribution in [2.75, 3.05) is 0 Å². The summed E-state index contributed by atoms with van der Waals surface area (Å²) in [6, 6.07) is 9.27. The Balaban J connectivity index is 2.47. The number of hydrogen-bond acceptors (Lipinski definition) is 2. The maximum Gasteiger partial charge on any atom is 0.142 e. The maximum atomic E-state index is 12.8. The monoisotopic (exact) mass is 476 g/mol. The van der Waals surface area contributed by atoms with Crippen LogP contribution in [0.2, 0.25) is 0 Å². The number of ketones is 2. The highest BCUT2D eigenvalue weighted by Crippen LogP contribution is 2.28. The number of rotatable bonds is 10. The molecule has 2 aromatic carbocycles. The summed E-state index contributed by atoms with van der Waals surface area (Å²) in [5, 5.41) is 0. The molecule has 0 bridgehead atoms. The predicted molar refractivity (Wildman–Crippen MR) is 150 cm³/mol. The summed E-state index contributed by atoms with van der Waals surface area (Å²) in [5.74, 6) is 0.602. The van der Waals surface area contributed by atoms with E-state index in [9.17, 15) is 9.59 Å². The first-order chi connectivity index (χ1) is 16.2. The molecular formula is C33H48O2. The lowest BCUT2D eigenvalue weighted by atomic mass is 9.82. The third kappa shape index (κ3) is 7.38. The highest BCUT2D eigenvalue weighted by Gasteiger charge is 2.25. The molecule has 0 aliphatic heterocycles. The van der Waals surface area contributed by atoms with E-state index in [1.54, 1.807) is 0 Å². The Bertz CT molecular complexity index is 922. The van der Waals surface area contributed by atoms with E-state index in [1.165, 1.54) is 44.5 Å². The van der Waals surface area contributed by atoms with Gasteiger partial charge < -0.3 is 0 Å². The average molecular weight is 477 g/mol. The van der Waals surface area contributed by atoms with Crippen LogP contribution in [-0.2, 0) is 54.5 Å². The highest BCUT2D eigenvalue weighted by molar-refractivity contribution is 5.87. The molecule has 35 heavy (non-hydrogen) atoms. The van der Waals surface area contributed by atoms with Gasteiger partial charge in [-0.15, -0.1) is 0 Å². The number of aryl methyl sites for hydroxylation is 4. The molecule has 0 heterocycles. The van der Waals surface area contributed by atoms with Crippen molar-refractivity contribution >= 4 is 11.6 Å². The van der Waals surface area contributed by atoms with Crippen molar-refractivity contribution in [1.29, 1.82) is 0 Å². The lowest BCUT2D eigenvalue weighted by Crippen LogP contribution is -2.23. The first kappa shape index (κ1) is 29.0. The first-order valence-corrected chi connectivity index (χ1v) is 13.6. The van der Waals surface area contributed by atoms with Gasteiger partial charge in [0.05, 0.1) is 0 Å². The topological polar surface area (TPSA) is 34.1 Å². The van der Waals surface area contributed by atoms with Gasteiger partial charge in [0, 0.05) is 23.7 Å². The van der Waals surface area contributed by atoms with Gasteiger partial charge in [-0.2, -0.15) is 0 Å². The second kappa shape index (κ2) is 11.7. The summed E-state index contributed by atoms with van der Waals surface area (Å²) in [6.45, 7) is 20.8. The molecule has 2 aromatic rings. The van der Waals surface area contributed by atoms with Crippen molar-refractivity contribution in [2.24, 2.45) is 10.8 Å². The maximum absolute atomic E-state index is 12.8. The zero-order chi connectivity index (χ0) is 26.6. The molecule has 0 aliphatic rings. The number of carbonyl (C=O) groups is 2. The van der Waals surface area contributed by atoms with Crippen molar-refractivity contribution in [1.82, 2.24) is 0 Å². The number of hydrogen-bond donors (Lipinski definition) is 0. The Morgan fingerprint density at radius 1 is 0.543 bits per heavy atom. The van der Waals surface area contributed by atoms with Gasteiger partial charge in [-0.05, 0) is 76.6 Å². The molecule has 0 aromatic heterocycles. The molecule has 0 N–H and O–H groups in total. The van der Waals surface area contributed by atoms with Gasteiger partial charge in [-0.3, -0.25) is 9.59 Å². The van der Waals surface area contributed by atoms with E-state index in [0.717, 1.165) is 32.1 Å². The van der Waals surface area contributed by atoms with E-state index in [2.05, 4.69) is 52.0 Å². The van der Waals surface area contributed by atoms with Crippen LogP contribution in [-0.4, -0.2) is 11.6 Å². The lowest BCUT2D eigenvalue weighted by Gasteiger charge is -2.22. The largest absolute Gasteiger partial charge is 0.299 e. The minimum Gasteiger partial charge on any atom is -0.299 e. The lowest BCUT2D eigenvalue weighted by molar-refractivity contribution is -0.126. The fraction of sp³-hybridized carbons (Fsp3) is 0.576. The summed E-state index contributed by atoms with van der Waals surface area (Å²) in [6.07, 6.45) is 5.65. The summed E-state index contributed by atoms with van der Waals surface area (Å²) >= 11 is 0. The zero-order valence-corrected chi connectivity index (χ0v) is 24.1. The molecule has 2 nitrogen and oxygen atoms in total. The summed E-state index contributed by atoms with van der Waals surface area (Å²) < 4.78 is 0. The SMILES string of the molecule is CCc1cc(Cc2cc(CC)c(CC(=O)C(C)(C)C)c(CC)c2)cc(CC)c1CC(=O)C(C)(C)C. The predicted octanol–water partition coefficient (Wildman–Crippen LogP) is 7.84. The van der Waals surface area contributed by atoms with E-state index in [4.69, 9.17) is 0 Å². The van der Waals surface area contributed by atoms with Gasteiger partial charge in [-0.25, -0.2) is 0 Å². The summed E-state index contributed by atoms with van der Waals surface area (Å²) in [7, 11) is 0. The van der Waals surface area contributed by atoms with Gasteiger partial charge >= 0.3 is 0 Å². The summed E-state index contributed by atoms with van der Waals surface area (Å²) in [5.41, 5.74) is 9.66. The second-order valence-electron chi connectivity index (χ2n) is 12.1. The normalized spacial score (nSPS) is 12.2. The van der Waals surface area contributed by atoms with E-state index in [1.807, 2.05) is 41.5 Å². The van der Waals surface area contributed by atoms with Crippen LogP contribution >= 0.6 is 0 Å². The Hall–Kier alpha value is -2.22. The first-order valence-electron chi connectivity index (χ1n) is 13.6. The molecule has 0 unspecified atom stereocenters. The standard InChI is InChI=1S/C33H48O2/c1-11-24-16-22(17-25(12-2)28(24)20-30(34)32(5,6)7)15-23-18-26(13-3)29(27(14-4)19-23)21-31(35)33(8,9)10/h16-19H,11-15,20-21H2,1-10H3. The van der Waals surface area contributed by atoms with Crippen molar-refractivity contribution in [2.45, 2.75) is 114 Å². The molecule has 0 atom stereocenters. The second-order valence-corrected chi connectivity index (χ2v) is 12.1. The van der Waals surface area contributed by atoms with E-state index >= 15 is 0 Å². The highest BCUT2D eigenvalue weighted by atomic mass is 16.1. The molecule has 192 valence electrons.